The Morgan fingerprint density at radius 2 is 1.48 bits per heavy atom. The summed E-state index contributed by atoms with van der Waals surface area (Å²) in [4.78, 5) is 28.8. The largest absolute Gasteiger partial charge is 0.416 e. The van der Waals surface area contributed by atoms with E-state index in [0.717, 1.165) is 17.7 Å². The molecule has 1 atom stereocenters. The van der Waals surface area contributed by atoms with Crippen molar-refractivity contribution in [2.75, 3.05) is 17.4 Å². The van der Waals surface area contributed by atoms with Gasteiger partial charge in [0.05, 0.1) is 21.2 Å². The van der Waals surface area contributed by atoms with E-state index in [4.69, 9.17) is 23.2 Å². The molecule has 0 saturated heterocycles. The van der Waals surface area contributed by atoms with Gasteiger partial charge in [-0.2, -0.15) is 13.2 Å². The van der Waals surface area contributed by atoms with Crippen LogP contribution in [0.4, 0.5) is 18.9 Å². The number of benzene rings is 4. The molecule has 7 nitrogen and oxygen atoms in total. The van der Waals surface area contributed by atoms with Crippen molar-refractivity contribution in [3.8, 4) is 0 Å². The summed E-state index contributed by atoms with van der Waals surface area (Å²) in [6.07, 6.45) is -4.77. The molecule has 4 rings (SSSR count). The van der Waals surface area contributed by atoms with Crippen molar-refractivity contribution < 1.29 is 31.2 Å². The molecule has 13 heteroatoms. The molecule has 2 amide bonds. The van der Waals surface area contributed by atoms with Gasteiger partial charge in [-0.05, 0) is 60.5 Å². The molecule has 0 spiro atoms. The Kier molecular flexibility index (Phi) is 11.4. The first-order valence-corrected chi connectivity index (χ1v) is 16.3. The normalized spacial score (nSPS) is 12.3. The fraction of sp³-hybridized carbons (Fsp3) is 0.212. The van der Waals surface area contributed by atoms with Crippen LogP contribution in [0.5, 0.6) is 0 Å². The average molecular weight is 693 g/mol. The predicted octanol–water partition coefficient (Wildman–Crippen LogP) is 6.98. The molecule has 0 saturated carbocycles. The first-order chi connectivity index (χ1) is 21.8. The molecule has 4 aromatic rings. The van der Waals surface area contributed by atoms with Crippen LogP contribution in [0.15, 0.2) is 108 Å². The monoisotopic (exact) mass is 691 g/mol. The molecule has 1 N–H and O–H groups in total. The van der Waals surface area contributed by atoms with Crippen molar-refractivity contribution >= 4 is 50.7 Å². The standard InChI is InChI=1S/C33H30Cl2F3N3O4S/c1-2-39-32(43)30(19-23-10-5-3-6-11-23)40(21-24-12-9-13-26(34)18-24)31(42)22-41(46(44,45)27-14-7-4-8-15-27)29-20-25(33(36,37)38)16-17-28(29)35/h3-18,20,30H,2,19,21-22H2,1H3,(H,39,43)/t30-/m1/s1. The van der Waals surface area contributed by atoms with Gasteiger partial charge in [0.1, 0.15) is 12.6 Å². The van der Waals surface area contributed by atoms with Crippen LogP contribution in [0.2, 0.25) is 10.0 Å². The lowest BCUT2D eigenvalue weighted by atomic mass is 10.0. The van der Waals surface area contributed by atoms with Crippen LogP contribution in [-0.4, -0.2) is 44.3 Å². The summed E-state index contributed by atoms with van der Waals surface area (Å²) in [5, 5.41) is 2.78. The number of nitrogens with zero attached hydrogens (tertiary/aromatic N) is 2. The number of likely N-dealkylation sites (N-methyl/N-ethyl adjacent to an activating group) is 1. The number of hydrogen-bond acceptors (Lipinski definition) is 4. The van der Waals surface area contributed by atoms with Gasteiger partial charge in [0.15, 0.2) is 0 Å². The Morgan fingerprint density at radius 3 is 2.09 bits per heavy atom. The number of amides is 2. The van der Waals surface area contributed by atoms with E-state index in [1.54, 1.807) is 67.6 Å². The second kappa shape index (κ2) is 15.0. The number of anilines is 1. The lowest BCUT2D eigenvalue weighted by molar-refractivity contribution is -0.140. The summed E-state index contributed by atoms with van der Waals surface area (Å²) in [7, 11) is -4.65. The van der Waals surface area contributed by atoms with Crippen LogP contribution >= 0.6 is 23.2 Å². The highest BCUT2D eigenvalue weighted by Gasteiger charge is 2.37. The number of carbonyl (C=O) groups excluding carboxylic acids is 2. The lowest BCUT2D eigenvalue weighted by Crippen LogP contribution is -2.53. The average Bonchev–Trinajstić information content (AvgIpc) is 3.02. The van der Waals surface area contributed by atoms with Crippen molar-refractivity contribution in [1.29, 1.82) is 0 Å². The number of halogens is 5. The predicted molar refractivity (Wildman–Crippen MR) is 172 cm³/mol. The quantitative estimate of drug-likeness (QED) is 0.174. The van der Waals surface area contributed by atoms with Crippen LogP contribution in [0.3, 0.4) is 0 Å². The van der Waals surface area contributed by atoms with E-state index >= 15 is 0 Å². The van der Waals surface area contributed by atoms with Gasteiger partial charge in [0, 0.05) is 24.5 Å². The highest BCUT2D eigenvalue weighted by atomic mass is 35.5. The summed E-state index contributed by atoms with van der Waals surface area (Å²) in [6.45, 7) is 0.829. The first-order valence-electron chi connectivity index (χ1n) is 14.1. The Bertz CT molecular complexity index is 1780. The van der Waals surface area contributed by atoms with Gasteiger partial charge in [-0.25, -0.2) is 8.42 Å². The zero-order chi connectivity index (χ0) is 33.5. The maximum atomic E-state index is 14.4. The maximum Gasteiger partial charge on any atom is 0.416 e. The summed E-state index contributed by atoms with van der Waals surface area (Å²) >= 11 is 12.5. The second-order valence-electron chi connectivity index (χ2n) is 10.2. The second-order valence-corrected chi connectivity index (χ2v) is 12.9. The molecule has 0 aromatic heterocycles. The van der Waals surface area contributed by atoms with E-state index in [-0.39, 0.29) is 29.4 Å². The third-order valence-electron chi connectivity index (χ3n) is 7.02. The Labute approximate surface area is 275 Å². The van der Waals surface area contributed by atoms with Crippen LogP contribution in [0.25, 0.3) is 0 Å². The molecule has 46 heavy (non-hydrogen) atoms. The Balaban J connectivity index is 1.86. The molecule has 0 aliphatic rings. The van der Waals surface area contributed by atoms with Crippen molar-refractivity contribution in [1.82, 2.24) is 10.2 Å². The summed E-state index contributed by atoms with van der Waals surface area (Å²) in [6, 6.07) is 23.5. The van der Waals surface area contributed by atoms with E-state index in [1.807, 2.05) is 0 Å². The minimum atomic E-state index is -4.83. The highest BCUT2D eigenvalue weighted by molar-refractivity contribution is 7.92. The van der Waals surface area contributed by atoms with Gasteiger partial charge >= 0.3 is 6.18 Å². The number of rotatable bonds is 12. The molecule has 0 aliphatic heterocycles. The van der Waals surface area contributed by atoms with Gasteiger partial charge in [0.2, 0.25) is 11.8 Å². The van der Waals surface area contributed by atoms with Crippen molar-refractivity contribution in [3.05, 3.63) is 130 Å². The van der Waals surface area contributed by atoms with Crippen molar-refractivity contribution in [3.63, 3.8) is 0 Å². The van der Waals surface area contributed by atoms with Gasteiger partial charge < -0.3 is 10.2 Å². The van der Waals surface area contributed by atoms with E-state index in [0.29, 0.717) is 21.0 Å². The lowest BCUT2D eigenvalue weighted by Gasteiger charge is -2.34. The van der Waals surface area contributed by atoms with Crippen LogP contribution in [0.1, 0.15) is 23.6 Å². The molecule has 0 fully saturated rings. The van der Waals surface area contributed by atoms with Gasteiger partial charge in [-0.3, -0.25) is 13.9 Å². The van der Waals surface area contributed by atoms with E-state index in [9.17, 15) is 31.2 Å². The molecule has 0 heterocycles. The molecule has 0 radical (unpaired) electrons. The Hall–Kier alpha value is -4.06. The van der Waals surface area contributed by atoms with Crippen molar-refractivity contribution in [2.45, 2.75) is 37.0 Å². The zero-order valence-corrected chi connectivity index (χ0v) is 26.9. The molecule has 0 aliphatic carbocycles. The molecule has 0 unspecified atom stereocenters. The molecule has 0 bridgehead atoms. The van der Waals surface area contributed by atoms with E-state index in [1.165, 1.54) is 29.2 Å². The van der Waals surface area contributed by atoms with Crippen molar-refractivity contribution in [2.24, 2.45) is 0 Å². The fourth-order valence-corrected chi connectivity index (χ4v) is 6.72. The zero-order valence-electron chi connectivity index (χ0n) is 24.5. The highest BCUT2D eigenvalue weighted by Crippen LogP contribution is 2.37. The van der Waals surface area contributed by atoms with Gasteiger partial charge in [-0.15, -0.1) is 0 Å². The molecule has 4 aromatic carbocycles. The number of alkyl halides is 3. The smallest absolute Gasteiger partial charge is 0.355 e. The first kappa shape index (κ1) is 34.8. The number of nitrogens with one attached hydrogen (secondary N) is 1. The minimum absolute atomic E-state index is 0.0642. The van der Waals surface area contributed by atoms with Gasteiger partial charge in [0.25, 0.3) is 10.0 Å². The number of carbonyl (C=O) groups is 2. The van der Waals surface area contributed by atoms with E-state index in [2.05, 4.69) is 5.32 Å². The topological polar surface area (TPSA) is 86.8 Å². The number of hydrogen-bond donors (Lipinski definition) is 1. The van der Waals surface area contributed by atoms with E-state index < -0.39 is 51.9 Å². The fourth-order valence-electron chi connectivity index (χ4n) is 4.79. The third kappa shape index (κ3) is 8.60. The number of sulfonamides is 1. The van der Waals surface area contributed by atoms with Crippen LogP contribution in [-0.2, 0) is 38.8 Å². The Morgan fingerprint density at radius 1 is 0.848 bits per heavy atom. The summed E-state index contributed by atoms with van der Waals surface area (Å²) < 4.78 is 69.9. The van der Waals surface area contributed by atoms with Gasteiger partial charge in [-0.1, -0.05) is 83.9 Å². The molecular formula is C33H30Cl2F3N3O4S. The summed E-state index contributed by atoms with van der Waals surface area (Å²) in [5.41, 5.74) is -0.447. The molecular weight excluding hydrogens is 662 g/mol. The molecule has 242 valence electrons. The maximum absolute atomic E-state index is 14.4. The summed E-state index contributed by atoms with van der Waals surface area (Å²) in [5.74, 6) is -1.36. The minimum Gasteiger partial charge on any atom is -0.355 e. The van der Waals surface area contributed by atoms with Crippen LogP contribution < -0.4 is 9.62 Å². The SMILES string of the molecule is CCNC(=O)[C@@H](Cc1ccccc1)N(Cc1cccc(Cl)c1)C(=O)CN(c1cc(C(F)(F)F)ccc1Cl)S(=O)(=O)c1ccccc1. The van der Waals surface area contributed by atoms with Crippen LogP contribution in [0, 0.1) is 0 Å². The third-order valence-corrected chi connectivity index (χ3v) is 9.34.